The molecule has 0 unspecified atom stereocenters. The van der Waals surface area contributed by atoms with Crippen LogP contribution in [0.15, 0.2) is 11.6 Å². The van der Waals surface area contributed by atoms with Gasteiger partial charge in [-0.2, -0.15) is 0 Å². The van der Waals surface area contributed by atoms with Crippen molar-refractivity contribution in [1.29, 1.82) is 0 Å². The predicted octanol–water partition coefficient (Wildman–Crippen LogP) is 0.602. The SMILES string of the molecule is C[C@@H](N)C(=O)Cc1nccs1. The molecular formula is C7H10N2OS. The van der Waals surface area contributed by atoms with Crippen molar-refractivity contribution in [1.82, 2.24) is 4.98 Å². The zero-order valence-corrected chi connectivity index (χ0v) is 7.10. The minimum Gasteiger partial charge on any atom is -0.322 e. The molecule has 0 radical (unpaired) electrons. The summed E-state index contributed by atoms with van der Waals surface area (Å²) in [6.45, 7) is 1.69. The maximum atomic E-state index is 11.1. The number of carbonyl (C=O) groups is 1. The summed E-state index contributed by atoms with van der Waals surface area (Å²) in [4.78, 5) is 15.0. The van der Waals surface area contributed by atoms with Crippen LogP contribution >= 0.6 is 11.3 Å². The first-order valence-corrected chi connectivity index (χ1v) is 4.25. The Morgan fingerprint density at radius 2 is 2.64 bits per heavy atom. The summed E-state index contributed by atoms with van der Waals surface area (Å²) in [7, 11) is 0. The van der Waals surface area contributed by atoms with Crippen molar-refractivity contribution in [2.75, 3.05) is 0 Å². The van der Waals surface area contributed by atoms with Crippen molar-refractivity contribution >= 4 is 17.1 Å². The van der Waals surface area contributed by atoms with E-state index >= 15 is 0 Å². The van der Waals surface area contributed by atoms with Gasteiger partial charge in [0.05, 0.1) is 17.5 Å². The van der Waals surface area contributed by atoms with E-state index in [-0.39, 0.29) is 11.8 Å². The molecule has 0 fully saturated rings. The third kappa shape index (κ3) is 2.40. The number of nitrogens with zero attached hydrogens (tertiary/aromatic N) is 1. The largest absolute Gasteiger partial charge is 0.322 e. The molecule has 1 atom stereocenters. The van der Waals surface area contributed by atoms with Gasteiger partial charge in [0.1, 0.15) is 0 Å². The van der Waals surface area contributed by atoms with E-state index in [0.717, 1.165) is 5.01 Å². The average molecular weight is 170 g/mol. The first-order valence-electron chi connectivity index (χ1n) is 3.37. The van der Waals surface area contributed by atoms with E-state index in [9.17, 15) is 4.79 Å². The molecule has 11 heavy (non-hydrogen) atoms. The van der Waals surface area contributed by atoms with Gasteiger partial charge in [0.15, 0.2) is 5.78 Å². The van der Waals surface area contributed by atoms with Crippen molar-refractivity contribution in [3.63, 3.8) is 0 Å². The molecule has 3 nitrogen and oxygen atoms in total. The standard InChI is InChI=1S/C7H10N2OS/c1-5(8)6(10)4-7-9-2-3-11-7/h2-3,5H,4,8H2,1H3/t5-/m1/s1. The minimum absolute atomic E-state index is 0.0416. The topological polar surface area (TPSA) is 56.0 Å². The maximum Gasteiger partial charge on any atom is 0.156 e. The number of Topliss-reactive ketones (excluding diaryl/α,β-unsaturated/α-hetero) is 1. The molecule has 0 spiro atoms. The zero-order valence-electron chi connectivity index (χ0n) is 6.28. The van der Waals surface area contributed by atoms with Crippen molar-refractivity contribution < 1.29 is 4.79 Å². The second kappa shape index (κ2) is 3.59. The number of ketones is 1. The monoisotopic (exact) mass is 170 g/mol. The van der Waals surface area contributed by atoms with Gasteiger partial charge in [-0.3, -0.25) is 4.79 Å². The van der Waals surface area contributed by atoms with Crippen molar-refractivity contribution in [3.05, 3.63) is 16.6 Å². The molecule has 1 aromatic rings. The molecule has 0 saturated heterocycles. The van der Waals surface area contributed by atoms with Crippen LogP contribution in [0.1, 0.15) is 11.9 Å². The van der Waals surface area contributed by atoms with Gasteiger partial charge in [0.2, 0.25) is 0 Å². The Bertz CT molecular complexity index is 231. The Hall–Kier alpha value is -0.740. The first-order chi connectivity index (χ1) is 5.20. The first kappa shape index (κ1) is 8.36. The average Bonchev–Trinajstić information content (AvgIpc) is 2.39. The normalized spacial score (nSPS) is 12.9. The molecule has 1 rings (SSSR count). The van der Waals surface area contributed by atoms with Crippen LogP contribution in [-0.4, -0.2) is 16.8 Å². The number of hydrogen-bond donors (Lipinski definition) is 1. The van der Waals surface area contributed by atoms with Crippen molar-refractivity contribution in [3.8, 4) is 0 Å². The summed E-state index contributed by atoms with van der Waals surface area (Å²) in [6.07, 6.45) is 2.06. The lowest BCUT2D eigenvalue weighted by Gasteiger charge is -1.99. The van der Waals surface area contributed by atoms with Crippen molar-refractivity contribution in [2.24, 2.45) is 5.73 Å². The molecule has 0 aliphatic heterocycles. The lowest BCUT2D eigenvalue weighted by atomic mass is 10.2. The third-order valence-corrected chi connectivity index (χ3v) is 2.10. The van der Waals surface area contributed by atoms with E-state index in [1.165, 1.54) is 11.3 Å². The second-order valence-corrected chi connectivity index (χ2v) is 3.34. The van der Waals surface area contributed by atoms with Crippen LogP contribution in [0.5, 0.6) is 0 Å². The van der Waals surface area contributed by atoms with Crippen LogP contribution < -0.4 is 5.73 Å². The van der Waals surface area contributed by atoms with E-state index < -0.39 is 0 Å². The van der Waals surface area contributed by atoms with Gasteiger partial charge in [-0.25, -0.2) is 4.98 Å². The fraction of sp³-hybridized carbons (Fsp3) is 0.429. The fourth-order valence-electron chi connectivity index (χ4n) is 0.650. The van der Waals surface area contributed by atoms with Gasteiger partial charge in [-0.1, -0.05) is 0 Å². The van der Waals surface area contributed by atoms with Gasteiger partial charge in [0, 0.05) is 11.6 Å². The zero-order chi connectivity index (χ0) is 8.27. The van der Waals surface area contributed by atoms with Gasteiger partial charge < -0.3 is 5.73 Å². The van der Waals surface area contributed by atoms with Gasteiger partial charge in [0.25, 0.3) is 0 Å². The van der Waals surface area contributed by atoms with E-state index in [1.54, 1.807) is 13.1 Å². The van der Waals surface area contributed by atoms with E-state index in [4.69, 9.17) is 5.73 Å². The predicted molar refractivity (Wildman–Crippen MR) is 44.5 cm³/mol. The quantitative estimate of drug-likeness (QED) is 0.722. The molecule has 0 amide bonds. The molecular weight excluding hydrogens is 160 g/mol. The van der Waals surface area contributed by atoms with E-state index in [1.807, 2.05) is 5.38 Å². The molecule has 60 valence electrons. The van der Waals surface area contributed by atoms with Crippen LogP contribution in [0.25, 0.3) is 0 Å². The number of thiazole rings is 1. The summed E-state index contributed by atoms with van der Waals surface area (Å²) in [5, 5.41) is 2.69. The van der Waals surface area contributed by atoms with E-state index in [0.29, 0.717) is 6.42 Å². The van der Waals surface area contributed by atoms with Crippen LogP contribution in [0.3, 0.4) is 0 Å². The van der Waals surface area contributed by atoms with Crippen LogP contribution in [-0.2, 0) is 11.2 Å². The molecule has 1 aromatic heterocycles. The Balaban J connectivity index is 2.50. The van der Waals surface area contributed by atoms with E-state index in [2.05, 4.69) is 4.98 Å². The molecule has 0 aliphatic carbocycles. The summed E-state index contributed by atoms with van der Waals surface area (Å²) in [6, 6.07) is -0.376. The maximum absolute atomic E-state index is 11.1. The Labute approximate surface area is 69.3 Å². The highest BCUT2D eigenvalue weighted by Gasteiger charge is 2.09. The van der Waals surface area contributed by atoms with Crippen LogP contribution in [0.4, 0.5) is 0 Å². The van der Waals surface area contributed by atoms with Gasteiger partial charge in [-0.15, -0.1) is 11.3 Å². The Kier molecular flexibility index (Phi) is 2.73. The highest BCUT2D eigenvalue weighted by molar-refractivity contribution is 7.09. The highest BCUT2D eigenvalue weighted by Crippen LogP contribution is 2.05. The molecule has 0 bridgehead atoms. The minimum atomic E-state index is -0.376. The summed E-state index contributed by atoms with van der Waals surface area (Å²) >= 11 is 1.48. The van der Waals surface area contributed by atoms with Gasteiger partial charge >= 0.3 is 0 Å². The van der Waals surface area contributed by atoms with Crippen LogP contribution in [0.2, 0.25) is 0 Å². The Morgan fingerprint density at radius 1 is 1.91 bits per heavy atom. The van der Waals surface area contributed by atoms with Gasteiger partial charge in [-0.05, 0) is 6.92 Å². The highest BCUT2D eigenvalue weighted by atomic mass is 32.1. The number of rotatable bonds is 3. The number of aromatic nitrogens is 1. The van der Waals surface area contributed by atoms with Crippen molar-refractivity contribution in [2.45, 2.75) is 19.4 Å². The summed E-state index contributed by atoms with van der Waals surface area (Å²) in [5.74, 6) is 0.0416. The lowest BCUT2D eigenvalue weighted by molar-refractivity contribution is -0.119. The van der Waals surface area contributed by atoms with Crippen LogP contribution in [0, 0.1) is 0 Å². The number of nitrogens with two attached hydrogens (primary N) is 1. The molecule has 0 aromatic carbocycles. The number of hydrogen-bond acceptors (Lipinski definition) is 4. The molecule has 0 saturated carbocycles. The molecule has 0 aliphatic rings. The fourth-order valence-corrected chi connectivity index (χ4v) is 1.28. The number of carbonyl (C=O) groups excluding carboxylic acids is 1. The molecule has 4 heteroatoms. The Morgan fingerprint density at radius 3 is 3.09 bits per heavy atom. The second-order valence-electron chi connectivity index (χ2n) is 2.36. The molecule has 2 N–H and O–H groups in total. The molecule has 1 heterocycles. The smallest absolute Gasteiger partial charge is 0.156 e. The third-order valence-electron chi connectivity index (χ3n) is 1.32. The summed E-state index contributed by atoms with van der Waals surface area (Å²) < 4.78 is 0. The summed E-state index contributed by atoms with van der Waals surface area (Å²) in [5.41, 5.74) is 5.38. The lowest BCUT2D eigenvalue weighted by Crippen LogP contribution is -2.27.